The molecule has 0 saturated heterocycles. The van der Waals surface area contributed by atoms with Gasteiger partial charge >= 0.3 is 5.97 Å². The Hall–Kier alpha value is -2.08. The maximum absolute atomic E-state index is 11.0. The van der Waals surface area contributed by atoms with Crippen molar-refractivity contribution in [2.24, 2.45) is 0 Å². The number of carbonyl (C=O) groups is 1. The van der Waals surface area contributed by atoms with Gasteiger partial charge in [0.05, 0.1) is 10.4 Å². The largest absolute Gasteiger partial charge is 0.487 e. The molecule has 5 nitrogen and oxygen atoms in total. The average Bonchev–Trinajstić information content (AvgIpc) is 2.78. The van der Waals surface area contributed by atoms with E-state index in [2.05, 4.69) is 4.98 Å². The van der Waals surface area contributed by atoms with Crippen LogP contribution < -0.4 is 10.5 Å². The van der Waals surface area contributed by atoms with Crippen LogP contribution in [0.4, 0.5) is 5.69 Å². The van der Waals surface area contributed by atoms with Crippen molar-refractivity contribution in [3.63, 3.8) is 0 Å². The van der Waals surface area contributed by atoms with E-state index in [9.17, 15) is 4.79 Å². The van der Waals surface area contributed by atoms with Crippen LogP contribution in [0.2, 0.25) is 0 Å². The second-order valence-electron chi connectivity index (χ2n) is 3.32. The zero-order valence-corrected chi connectivity index (χ0v) is 9.61. The third kappa shape index (κ3) is 2.73. The van der Waals surface area contributed by atoms with Crippen LogP contribution in [0.5, 0.6) is 5.75 Å². The Morgan fingerprint density at radius 1 is 1.53 bits per heavy atom. The standard InChI is InChI=1S/C11H10N2O3S/c12-7-1-2-9(11(14)15)10(3-7)16-5-8-4-13-6-17-8/h1-4,6H,5,12H2,(H,14,15). The molecular formula is C11H10N2O3S. The Balaban J connectivity index is 2.19. The van der Waals surface area contributed by atoms with E-state index in [1.807, 2.05) is 0 Å². The van der Waals surface area contributed by atoms with Crippen molar-refractivity contribution >= 4 is 23.0 Å². The van der Waals surface area contributed by atoms with Crippen LogP contribution in [0.1, 0.15) is 15.2 Å². The average molecular weight is 250 g/mol. The molecule has 0 unspecified atom stereocenters. The van der Waals surface area contributed by atoms with Gasteiger partial charge in [0.1, 0.15) is 17.9 Å². The highest BCUT2D eigenvalue weighted by Crippen LogP contribution is 2.23. The fourth-order valence-electron chi connectivity index (χ4n) is 1.30. The Morgan fingerprint density at radius 2 is 2.35 bits per heavy atom. The molecule has 0 aliphatic rings. The minimum Gasteiger partial charge on any atom is -0.487 e. The Kier molecular flexibility index (Phi) is 3.24. The summed E-state index contributed by atoms with van der Waals surface area (Å²) in [6.07, 6.45) is 1.68. The number of carboxylic acid groups (broad SMARTS) is 1. The van der Waals surface area contributed by atoms with E-state index < -0.39 is 5.97 Å². The van der Waals surface area contributed by atoms with Gasteiger partial charge in [0.15, 0.2) is 0 Å². The molecule has 0 atom stereocenters. The van der Waals surface area contributed by atoms with Gasteiger partial charge in [-0.3, -0.25) is 4.98 Å². The highest BCUT2D eigenvalue weighted by Gasteiger charge is 2.11. The number of benzene rings is 1. The molecule has 0 radical (unpaired) electrons. The number of hydrogen-bond donors (Lipinski definition) is 2. The van der Waals surface area contributed by atoms with E-state index >= 15 is 0 Å². The molecule has 0 saturated carbocycles. The number of nitrogens with zero attached hydrogens (tertiary/aromatic N) is 1. The van der Waals surface area contributed by atoms with E-state index in [4.69, 9.17) is 15.6 Å². The predicted molar refractivity (Wildman–Crippen MR) is 64.3 cm³/mol. The number of rotatable bonds is 4. The molecule has 2 rings (SSSR count). The molecule has 2 aromatic rings. The molecule has 0 bridgehead atoms. The topological polar surface area (TPSA) is 85.4 Å². The van der Waals surface area contributed by atoms with E-state index in [-0.39, 0.29) is 17.9 Å². The maximum atomic E-state index is 11.0. The van der Waals surface area contributed by atoms with Gasteiger partial charge in [0, 0.05) is 18.0 Å². The summed E-state index contributed by atoms with van der Waals surface area (Å²) in [5.74, 6) is -0.768. The normalized spacial score (nSPS) is 10.1. The zero-order chi connectivity index (χ0) is 12.3. The van der Waals surface area contributed by atoms with Crippen LogP contribution in [0.25, 0.3) is 0 Å². The number of nitrogens with two attached hydrogens (primary N) is 1. The molecule has 6 heteroatoms. The van der Waals surface area contributed by atoms with Crippen molar-refractivity contribution in [3.8, 4) is 5.75 Å². The molecule has 1 aromatic heterocycles. The van der Waals surface area contributed by atoms with Crippen molar-refractivity contribution in [1.82, 2.24) is 4.98 Å². The maximum Gasteiger partial charge on any atom is 0.339 e. The smallest absolute Gasteiger partial charge is 0.339 e. The lowest BCUT2D eigenvalue weighted by molar-refractivity contribution is 0.0692. The van der Waals surface area contributed by atoms with Crippen LogP contribution in [0.15, 0.2) is 29.9 Å². The van der Waals surface area contributed by atoms with Crippen LogP contribution in [-0.2, 0) is 6.61 Å². The molecule has 0 aliphatic carbocycles. The van der Waals surface area contributed by atoms with Crippen molar-refractivity contribution in [1.29, 1.82) is 0 Å². The molecule has 0 amide bonds. The lowest BCUT2D eigenvalue weighted by atomic mass is 10.2. The third-order valence-electron chi connectivity index (χ3n) is 2.09. The minimum absolute atomic E-state index is 0.101. The summed E-state index contributed by atoms with van der Waals surface area (Å²) in [5, 5.41) is 8.98. The number of nitrogen functional groups attached to an aromatic ring is 1. The summed E-state index contributed by atoms with van der Waals surface area (Å²) < 4.78 is 5.43. The number of anilines is 1. The third-order valence-corrected chi connectivity index (χ3v) is 2.84. The Labute approximate surface area is 101 Å². The van der Waals surface area contributed by atoms with Gasteiger partial charge in [-0.05, 0) is 12.1 Å². The number of carboxylic acids is 1. The number of aromatic carboxylic acids is 1. The van der Waals surface area contributed by atoms with Crippen molar-refractivity contribution in [2.75, 3.05) is 5.73 Å². The number of hydrogen-bond acceptors (Lipinski definition) is 5. The van der Waals surface area contributed by atoms with Gasteiger partial charge in [-0.1, -0.05) is 0 Å². The van der Waals surface area contributed by atoms with Gasteiger partial charge in [0.2, 0.25) is 0 Å². The second kappa shape index (κ2) is 4.84. The molecule has 0 spiro atoms. The SMILES string of the molecule is Nc1ccc(C(=O)O)c(OCc2cncs2)c1. The molecule has 0 fully saturated rings. The molecule has 1 heterocycles. The first kappa shape index (κ1) is 11.4. The summed E-state index contributed by atoms with van der Waals surface area (Å²) in [6, 6.07) is 4.47. The van der Waals surface area contributed by atoms with E-state index in [0.717, 1.165) is 4.88 Å². The van der Waals surface area contributed by atoms with Gasteiger partial charge in [-0.15, -0.1) is 11.3 Å². The number of ether oxygens (including phenoxy) is 1. The first-order valence-electron chi connectivity index (χ1n) is 4.80. The monoisotopic (exact) mass is 250 g/mol. The summed E-state index contributed by atoms with van der Waals surface area (Å²) in [7, 11) is 0. The predicted octanol–water partition coefficient (Wildman–Crippen LogP) is 2.00. The number of thiazole rings is 1. The second-order valence-corrected chi connectivity index (χ2v) is 4.29. The molecule has 1 aromatic carbocycles. The highest BCUT2D eigenvalue weighted by molar-refractivity contribution is 7.09. The van der Waals surface area contributed by atoms with Gasteiger partial charge < -0.3 is 15.6 Å². The molecule has 88 valence electrons. The number of aromatic nitrogens is 1. The van der Waals surface area contributed by atoms with E-state index in [1.165, 1.54) is 29.5 Å². The molecule has 0 aliphatic heterocycles. The van der Waals surface area contributed by atoms with Gasteiger partial charge in [-0.2, -0.15) is 0 Å². The first-order chi connectivity index (χ1) is 8.16. The quantitative estimate of drug-likeness (QED) is 0.810. The van der Waals surface area contributed by atoms with Crippen LogP contribution >= 0.6 is 11.3 Å². The van der Waals surface area contributed by atoms with Crippen molar-refractivity contribution in [3.05, 3.63) is 40.3 Å². The van der Waals surface area contributed by atoms with Crippen LogP contribution in [-0.4, -0.2) is 16.1 Å². The van der Waals surface area contributed by atoms with Crippen LogP contribution in [0.3, 0.4) is 0 Å². The van der Waals surface area contributed by atoms with Gasteiger partial charge in [-0.25, -0.2) is 4.79 Å². The summed E-state index contributed by atoms with van der Waals surface area (Å²) >= 11 is 1.45. The minimum atomic E-state index is -1.04. The highest BCUT2D eigenvalue weighted by atomic mass is 32.1. The zero-order valence-electron chi connectivity index (χ0n) is 8.79. The summed E-state index contributed by atoms with van der Waals surface area (Å²) in [4.78, 5) is 15.8. The van der Waals surface area contributed by atoms with E-state index in [0.29, 0.717) is 5.69 Å². The first-order valence-corrected chi connectivity index (χ1v) is 5.68. The molecule has 17 heavy (non-hydrogen) atoms. The van der Waals surface area contributed by atoms with Crippen LogP contribution in [0, 0.1) is 0 Å². The van der Waals surface area contributed by atoms with Crippen molar-refractivity contribution in [2.45, 2.75) is 6.61 Å². The summed E-state index contributed by atoms with van der Waals surface area (Å²) in [6.45, 7) is 0.286. The fraction of sp³-hybridized carbons (Fsp3) is 0.0909. The van der Waals surface area contributed by atoms with Gasteiger partial charge in [0.25, 0.3) is 0 Å². The Morgan fingerprint density at radius 3 is 3.00 bits per heavy atom. The molecule has 3 N–H and O–H groups in total. The van der Waals surface area contributed by atoms with E-state index in [1.54, 1.807) is 11.7 Å². The summed E-state index contributed by atoms with van der Waals surface area (Å²) in [5.41, 5.74) is 7.85. The lowest BCUT2D eigenvalue weighted by Crippen LogP contribution is -2.03. The van der Waals surface area contributed by atoms with Crippen molar-refractivity contribution < 1.29 is 14.6 Å². The Bertz CT molecular complexity index is 526. The molecular weight excluding hydrogens is 240 g/mol. The fourth-order valence-corrected chi connectivity index (χ4v) is 1.80. The lowest BCUT2D eigenvalue weighted by Gasteiger charge is -2.08.